The highest BCUT2D eigenvalue weighted by molar-refractivity contribution is 5.48. The minimum atomic E-state index is 0.180. The Balaban J connectivity index is 2.73. The zero-order valence-electron chi connectivity index (χ0n) is 8.73. The minimum Gasteiger partial charge on any atom is -0.497 e. The van der Waals surface area contributed by atoms with Gasteiger partial charge in [-0.3, -0.25) is 0 Å². The van der Waals surface area contributed by atoms with Gasteiger partial charge in [0.2, 0.25) is 0 Å². The molecule has 0 saturated carbocycles. The fourth-order valence-corrected chi connectivity index (χ4v) is 1.38. The van der Waals surface area contributed by atoms with Crippen LogP contribution in [-0.4, -0.2) is 31.9 Å². The largest absolute Gasteiger partial charge is 0.497 e. The van der Waals surface area contributed by atoms with Crippen LogP contribution in [0.4, 0.5) is 5.69 Å². The molecule has 14 heavy (non-hydrogen) atoms. The summed E-state index contributed by atoms with van der Waals surface area (Å²) in [6.07, 6.45) is 0. The van der Waals surface area contributed by atoms with Crippen molar-refractivity contribution in [2.75, 3.05) is 31.7 Å². The van der Waals surface area contributed by atoms with E-state index in [1.807, 2.05) is 24.3 Å². The molecule has 0 heterocycles. The van der Waals surface area contributed by atoms with E-state index in [1.165, 1.54) is 0 Å². The summed E-state index contributed by atoms with van der Waals surface area (Å²) in [7, 11) is 1.65. The molecule has 0 saturated heterocycles. The third kappa shape index (κ3) is 2.64. The number of aliphatic hydroxyl groups is 1. The second-order valence-electron chi connectivity index (χ2n) is 3.00. The molecular weight excluding hydrogens is 178 g/mol. The van der Waals surface area contributed by atoms with Crippen LogP contribution in [0.5, 0.6) is 5.75 Å². The molecule has 0 spiro atoms. The topological polar surface area (TPSA) is 32.7 Å². The van der Waals surface area contributed by atoms with E-state index < -0.39 is 0 Å². The fourth-order valence-electron chi connectivity index (χ4n) is 1.38. The summed E-state index contributed by atoms with van der Waals surface area (Å²) in [5.41, 5.74) is 1.11. The number of hydrogen-bond donors (Lipinski definition) is 1. The van der Waals surface area contributed by atoms with Crippen molar-refractivity contribution in [2.24, 2.45) is 0 Å². The summed E-state index contributed by atoms with van der Waals surface area (Å²) < 4.78 is 5.07. The Kier molecular flexibility index (Phi) is 4.26. The first-order valence-electron chi connectivity index (χ1n) is 4.81. The van der Waals surface area contributed by atoms with Crippen molar-refractivity contribution in [2.45, 2.75) is 6.92 Å². The van der Waals surface area contributed by atoms with Crippen molar-refractivity contribution in [3.8, 4) is 5.75 Å². The molecule has 0 aliphatic heterocycles. The summed E-state index contributed by atoms with van der Waals surface area (Å²) in [6, 6.07) is 7.85. The molecule has 1 rings (SSSR count). The van der Waals surface area contributed by atoms with Crippen LogP contribution >= 0.6 is 0 Å². The zero-order valence-corrected chi connectivity index (χ0v) is 8.73. The van der Waals surface area contributed by atoms with E-state index in [2.05, 4.69) is 11.8 Å². The second-order valence-corrected chi connectivity index (χ2v) is 3.00. The van der Waals surface area contributed by atoms with Gasteiger partial charge in [-0.25, -0.2) is 0 Å². The number of likely N-dealkylation sites (N-methyl/N-ethyl adjacent to an activating group) is 1. The van der Waals surface area contributed by atoms with Gasteiger partial charge in [0.15, 0.2) is 0 Å². The molecule has 1 N–H and O–H groups in total. The van der Waals surface area contributed by atoms with Crippen LogP contribution in [0.2, 0.25) is 0 Å². The number of benzene rings is 1. The lowest BCUT2D eigenvalue weighted by molar-refractivity contribution is 0.302. The molecule has 3 heteroatoms. The van der Waals surface area contributed by atoms with E-state index in [4.69, 9.17) is 9.84 Å². The lowest BCUT2D eigenvalue weighted by Crippen LogP contribution is -2.25. The highest BCUT2D eigenvalue weighted by Gasteiger charge is 2.02. The standard InChI is InChI=1S/C11H17NO2/c1-3-12(8-9-13)10-4-6-11(14-2)7-5-10/h4-7,13H,3,8-9H2,1-2H3. The van der Waals surface area contributed by atoms with E-state index in [9.17, 15) is 0 Å². The Labute approximate surface area is 84.9 Å². The normalized spacial score (nSPS) is 9.93. The average molecular weight is 195 g/mol. The molecule has 78 valence electrons. The predicted octanol–water partition coefficient (Wildman–Crippen LogP) is 1.51. The lowest BCUT2D eigenvalue weighted by Gasteiger charge is -2.21. The number of nitrogens with zero attached hydrogens (tertiary/aromatic N) is 1. The highest BCUT2D eigenvalue weighted by Crippen LogP contribution is 2.18. The van der Waals surface area contributed by atoms with E-state index in [-0.39, 0.29) is 6.61 Å². The number of rotatable bonds is 5. The van der Waals surface area contributed by atoms with Gasteiger partial charge in [-0.15, -0.1) is 0 Å². The Bertz CT molecular complexity index is 258. The Hall–Kier alpha value is -1.22. The van der Waals surface area contributed by atoms with Gasteiger partial charge in [-0.2, -0.15) is 0 Å². The van der Waals surface area contributed by atoms with Crippen molar-refractivity contribution in [1.29, 1.82) is 0 Å². The maximum atomic E-state index is 8.86. The summed E-state index contributed by atoms with van der Waals surface area (Å²) in [6.45, 7) is 3.81. The van der Waals surface area contributed by atoms with Crippen LogP contribution in [0.1, 0.15) is 6.92 Å². The van der Waals surface area contributed by atoms with Gasteiger partial charge in [0.25, 0.3) is 0 Å². The van der Waals surface area contributed by atoms with Gasteiger partial charge in [0.1, 0.15) is 5.75 Å². The maximum Gasteiger partial charge on any atom is 0.119 e. The number of ether oxygens (including phenoxy) is 1. The van der Waals surface area contributed by atoms with Gasteiger partial charge in [-0.1, -0.05) is 0 Å². The van der Waals surface area contributed by atoms with Crippen molar-refractivity contribution in [3.05, 3.63) is 24.3 Å². The number of methoxy groups -OCH3 is 1. The molecule has 1 aromatic rings. The van der Waals surface area contributed by atoms with Crippen LogP contribution in [0.25, 0.3) is 0 Å². The molecule has 0 aliphatic carbocycles. The number of aliphatic hydroxyl groups excluding tert-OH is 1. The van der Waals surface area contributed by atoms with Gasteiger partial charge in [-0.05, 0) is 31.2 Å². The van der Waals surface area contributed by atoms with Crippen molar-refractivity contribution in [1.82, 2.24) is 0 Å². The molecule has 0 fully saturated rings. The third-order valence-corrected chi connectivity index (χ3v) is 2.19. The van der Waals surface area contributed by atoms with Gasteiger partial charge < -0.3 is 14.7 Å². The summed E-state index contributed by atoms with van der Waals surface area (Å²) >= 11 is 0. The van der Waals surface area contributed by atoms with Crippen molar-refractivity contribution < 1.29 is 9.84 Å². The Morgan fingerprint density at radius 2 is 1.93 bits per heavy atom. The van der Waals surface area contributed by atoms with Crippen molar-refractivity contribution >= 4 is 5.69 Å². The van der Waals surface area contributed by atoms with Crippen LogP contribution in [0.3, 0.4) is 0 Å². The average Bonchev–Trinajstić information content (AvgIpc) is 2.26. The predicted molar refractivity (Wildman–Crippen MR) is 58.0 cm³/mol. The minimum absolute atomic E-state index is 0.180. The van der Waals surface area contributed by atoms with Crippen LogP contribution < -0.4 is 9.64 Å². The molecule has 0 radical (unpaired) electrons. The third-order valence-electron chi connectivity index (χ3n) is 2.19. The molecule has 0 aromatic heterocycles. The maximum absolute atomic E-state index is 8.86. The molecule has 3 nitrogen and oxygen atoms in total. The molecule has 1 aromatic carbocycles. The summed E-state index contributed by atoms with van der Waals surface area (Å²) in [5.74, 6) is 0.855. The summed E-state index contributed by atoms with van der Waals surface area (Å²) in [5, 5.41) is 8.86. The van der Waals surface area contributed by atoms with E-state index in [0.717, 1.165) is 18.0 Å². The summed E-state index contributed by atoms with van der Waals surface area (Å²) in [4.78, 5) is 2.11. The van der Waals surface area contributed by atoms with E-state index in [1.54, 1.807) is 7.11 Å². The van der Waals surface area contributed by atoms with Crippen LogP contribution in [0.15, 0.2) is 24.3 Å². The Morgan fingerprint density at radius 3 is 2.36 bits per heavy atom. The van der Waals surface area contributed by atoms with Gasteiger partial charge in [0, 0.05) is 18.8 Å². The quantitative estimate of drug-likeness (QED) is 0.773. The van der Waals surface area contributed by atoms with Crippen LogP contribution in [0, 0.1) is 0 Å². The van der Waals surface area contributed by atoms with E-state index >= 15 is 0 Å². The molecule has 0 amide bonds. The number of hydrogen-bond acceptors (Lipinski definition) is 3. The fraction of sp³-hybridized carbons (Fsp3) is 0.455. The first-order chi connectivity index (χ1) is 6.81. The van der Waals surface area contributed by atoms with Crippen LogP contribution in [-0.2, 0) is 0 Å². The molecule has 0 aliphatic rings. The smallest absolute Gasteiger partial charge is 0.119 e. The Morgan fingerprint density at radius 1 is 1.29 bits per heavy atom. The molecule has 0 bridgehead atoms. The molecular formula is C11H17NO2. The monoisotopic (exact) mass is 195 g/mol. The number of anilines is 1. The second kappa shape index (κ2) is 5.50. The first-order valence-corrected chi connectivity index (χ1v) is 4.81. The first kappa shape index (κ1) is 10.9. The van der Waals surface area contributed by atoms with E-state index in [0.29, 0.717) is 6.54 Å². The molecule has 0 atom stereocenters. The SMILES string of the molecule is CCN(CCO)c1ccc(OC)cc1. The van der Waals surface area contributed by atoms with Gasteiger partial charge in [0.05, 0.1) is 13.7 Å². The molecule has 0 unspecified atom stereocenters. The highest BCUT2D eigenvalue weighted by atomic mass is 16.5. The lowest BCUT2D eigenvalue weighted by atomic mass is 10.2. The van der Waals surface area contributed by atoms with Gasteiger partial charge >= 0.3 is 0 Å². The van der Waals surface area contributed by atoms with Crippen molar-refractivity contribution in [3.63, 3.8) is 0 Å². The zero-order chi connectivity index (χ0) is 10.4.